The molecule has 0 saturated heterocycles. The number of thiocarbonyl (C=S) groups is 1. The fourth-order valence-corrected chi connectivity index (χ4v) is 4.36. The van der Waals surface area contributed by atoms with Crippen molar-refractivity contribution in [1.82, 2.24) is 5.32 Å². The fraction of sp³-hybridized carbons (Fsp3) is 0.562. The molecule has 0 heterocycles. The Balaban J connectivity index is 1.52. The predicted octanol–water partition coefficient (Wildman–Crippen LogP) is 3.71. The van der Waals surface area contributed by atoms with E-state index in [4.69, 9.17) is 12.2 Å². The lowest BCUT2D eigenvalue weighted by Gasteiger charge is -2.29. The van der Waals surface area contributed by atoms with Crippen molar-refractivity contribution >= 4 is 28.7 Å². The van der Waals surface area contributed by atoms with Crippen LogP contribution < -0.4 is 10.6 Å². The molecule has 2 saturated carbocycles. The van der Waals surface area contributed by atoms with Crippen molar-refractivity contribution in [3.8, 4) is 0 Å². The molecule has 2 bridgehead atoms. The molecule has 2 fully saturated rings. The Hall–Kier alpha value is -1.69. The van der Waals surface area contributed by atoms with Gasteiger partial charge in [0.25, 0.3) is 5.69 Å². The Labute approximate surface area is 135 Å². The van der Waals surface area contributed by atoms with Crippen LogP contribution in [-0.4, -0.2) is 16.1 Å². The Morgan fingerprint density at radius 2 is 2.05 bits per heavy atom. The van der Waals surface area contributed by atoms with Crippen molar-refractivity contribution in [3.05, 3.63) is 34.4 Å². The smallest absolute Gasteiger partial charge is 0.269 e. The highest BCUT2D eigenvalue weighted by molar-refractivity contribution is 7.80. The van der Waals surface area contributed by atoms with Crippen LogP contribution >= 0.6 is 12.2 Å². The number of hydrogen-bond donors (Lipinski definition) is 2. The molecule has 5 nitrogen and oxygen atoms in total. The van der Waals surface area contributed by atoms with Gasteiger partial charge in [-0.1, -0.05) is 6.42 Å². The Bertz CT molecular complexity index is 575. The molecule has 2 N–H and O–H groups in total. The van der Waals surface area contributed by atoms with Crippen molar-refractivity contribution in [2.75, 3.05) is 5.32 Å². The summed E-state index contributed by atoms with van der Waals surface area (Å²) in [5, 5.41) is 17.7. The molecule has 1 aromatic carbocycles. The van der Waals surface area contributed by atoms with Gasteiger partial charge in [-0.25, -0.2) is 0 Å². The SMILES string of the molecule is CC(NC(=S)Nc1ccc([N+](=O)[O-])cc1)C1CC2CCC1C2. The summed E-state index contributed by atoms with van der Waals surface area (Å²) >= 11 is 5.36. The summed E-state index contributed by atoms with van der Waals surface area (Å²) in [4.78, 5) is 10.2. The van der Waals surface area contributed by atoms with Crippen LogP contribution in [0.5, 0.6) is 0 Å². The number of anilines is 1. The molecule has 0 aromatic heterocycles. The summed E-state index contributed by atoms with van der Waals surface area (Å²) in [6.07, 6.45) is 5.47. The van der Waals surface area contributed by atoms with E-state index in [2.05, 4.69) is 17.6 Å². The molecule has 0 spiro atoms. The molecule has 0 aliphatic heterocycles. The van der Waals surface area contributed by atoms with Crippen molar-refractivity contribution in [2.45, 2.75) is 38.6 Å². The molecule has 118 valence electrons. The number of nitrogens with one attached hydrogen (secondary N) is 2. The van der Waals surface area contributed by atoms with Crippen LogP contribution in [-0.2, 0) is 0 Å². The van der Waals surface area contributed by atoms with Crippen LogP contribution in [0, 0.1) is 27.9 Å². The second kappa shape index (κ2) is 6.20. The topological polar surface area (TPSA) is 67.2 Å². The van der Waals surface area contributed by atoms with Gasteiger partial charge >= 0.3 is 0 Å². The molecule has 2 aliphatic rings. The second-order valence-electron chi connectivity index (χ2n) is 6.53. The molecule has 4 unspecified atom stereocenters. The van der Waals surface area contributed by atoms with Crippen LogP contribution in [0.25, 0.3) is 0 Å². The first-order valence-corrected chi connectivity index (χ1v) is 8.25. The summed E-state index contributed by atoms with van der Waals surface area (Å²) in [6.45, 7) is 2.20. The average molecular weight is 319 g/mol. The van der Waals surface area contributed by atoms with Crippen LogP contribution in [0.4, 0.5) is 11.4 Å². The predicted molar refractivity (Wildman–Crippen MR) is 90.9 cm³/mol. The van der Waals surface area contributed by atoms with Crippen molar-refractivity contribution in [1.29, 1.82) is 0 Å². The highest BCUT2D eigenvalue weighted by Crippen LogP contribution is 2.49. The molecule has 2 aliphatic carbocycles. The summed E-state index contributed by atoms with van der Waals surface area (Å²) in [5.74, 6) is 2.50. The van der Waals surface area contributed by atoms with Gasteiger partial charge in [-0.05, 0) is 68.3 Å². The standard InChI is InChI=1S/C16H21N3O2S/c1-10(15-9-11-2-3-12(15)8-11)17-16(22)18-13-4-6-14(7-5-13)19(20)21/h4-7,10-12,15H,2-3,8-9H2,1H3,(H2,17,18,22). The Kier molecular flexibility index (Phi) is 4.29. The van der Waals surface area contributed by atoms with E-state index in [0.29, 0.717) is 11.2 Å². The van der Waals surface area contributed by atoms with E-state index in [1.807, 2.05) is 0 Å². The summed E-state index contributed by atoms with van der Waals surface area (Å²) in [6, 6.07) is 6.67. The van der Waals surface area contributed by atoms with Crippen molar-refractivity contribution in [3.63, 3.8) is 0 Å². The number of non-ortho nitro benzene ring substituents is 1. The first-order chi connectivity index (χ1) is 10.5. The number of nitro groups is 1. The maximum absolute atomic E-state index is 10.6. The van der Waals surface area contributed by atoms with E-state index < -0.39 is 4.92 Å². The van der Waals surface area contributed by atoms with E-state index >= 15 is 0 Å². The number of hydrogen-bond acceptors (Lipinski definition) is 3. The summed E-state index contributed by atoms with van der Waals surface area (Å²) in [5.41, 5.74) is 0.850. The van der Waals surface area contributed by atoms with Gasteiger partial charge < -0.3 is 10.6 Å². The van der Waals surface area contributed by atoms with Crippen LogP contribution in [0.3, 0.4) is 0 Å². The fourth-order valence-electron chi connectivity index (χ4n) is 4.05. The maximum Gasteiger partial charge on any atom is 0.269 e. The highest BCUT2D eigenvalue weighted by atomic mass is 32.1. The van der Waals surface area contributed by atoms with Gasteiger partial charge in [-0.3, -0.25) is 10.1 Å². The van der Waals surface area contributed by atoms with E-state index in [1.54, 1.807) is 12.1 Å². The van der Waals surface area contributed by atoms with Gasteiger partial charge in [-0.15, -0.1) is 0 Å². The minimum Gasteiger partial charge on any atom is -0.360 e. The lowest BCUT2D eigenvalue weighted by molar-refractivity contribution is -0.384. The molecule has 22 heavy (non-hydrogen) atoms. The van der Waals surface area contributed by atoms with Gasteiger partial charge in [0, 0.05) is 23.9 Å². The number of nitrogens with zero attached hydrogens (tertiary/aromatic N) is 1. The molecule has 0 radical (unpaired) electrons. The molecule has 6 heteroatoms. The zero-order chi connectivity index (χ0) is 15.7. The van der Waals surface area contributed by atoms with E-state index in [-0.39, 0.29) is 5.69 Å². The quantitative estimate of drug-likeness (QED) is 0.503. The van der Waals surface area contributed by atoms with Crippen LogP contribution in [0.2, 0.25) is 0 Å². The largest absolute Gasteiger partial charge is 0.360 e. The van der Waals surface area contributed by atoms with Crippen molar-refractivity contribution in [2.24, 2.45) is 17.8 Å². The monoisotopic (exact) mass is 319 g/mol. The normalized spacial score (nSPS) is 27.4. The third kappa shape index (κ3) is 3.21. The van der Waals surface area contributed by atoms with E-state index in [1.165, 1.54) is 37.8 Å². The van der Waals surface area contributed by atoms with Gasteiger partial charge in [0.15, 0.2) is 5.11 Å². The maximum atomic E-state index is 10.6. The molecule has 4 atom stereocenters. The lowest BCUT2D eigenvalue weighted by Crippen LogP contribution is -2.42. The number of fused-ring (bicyclic) bond motifs is 2. The van der Waals surface area contributed by atoms with Crippen LogP contribution in [0.1, 0.15) is 32.6 Å². The van der Waals surface area contributed by atoms with Gasteiger partial charge in [0.05, 0.1) is 4.92 Å². The molecule has 1 aromatic rings. The van der Waals surface area contributed by atoms with E-state index in [0.717, 1.165) is 23.4 Å². The molecular formula is C16H21N3O2S. The van der Waals surface area contributed by atoms with Crippen molar-refractivity contribution < 1.29 is 4.92 Å². The highest BCUT2D eigenvalue weighted by Gasteiger charge is 2.41. The minimum absolute atomic E-state index is 0.0831. The molecule has 3 rings (SSSR count). The first-order valence-electron chi connectivity index (χ1n) is 7.85. The zero-order valence-electron chi connectivity index (χ0n) is 12.6. The molecular weight excluding hydrogens is 298 g/mol. The second-order valence-corrected chi connectivity index (χ2v) is 6.94. The summed E-state index contributed by atoms with van der Waals surface area (Å²) < 4.78 is 0. The first kappa shape index (κ1) is 15.2. The Morgan fingerprint density at radius 1 is 1.32 bits per heavy atom. The number of rotatable bonds is 4. The Morgan fingerprint density at radius 3 is 2.59 bits per heavy atom. The van der Waals surface area contributed by atoms with Crippen LogP contribution in [0.15, 0.2) is 24.3 Å². The minimum atomic E-state index is -0.405. The number of benzene rings is 1. The molecule has 0 amide bonds. The lowest BCUT2D eigenvalue weighted by atomic mass is 9.84. The van der Waals surface area contributed by atoms with Gasteiger partial charge in [-0.2, -0.15) is 0 Å². The third-order valence-electron chi connectivity index (χ3n) is 5.13. The van der Waals surface area contributed by atoms with Gasteiger partial charge in [0.1, 0.15) is 0 Å². The number of nitro benzene ring substituents is 1. The zero-order valence-corrected chi connectivity index (χ0v) is 13.4. The van der Waals surface area contributed by atoms with Gasteiger partial charge in [0.2, 0.25) is 0 Å². The summed E-state index contributed by atoms with van der Waals surface area (Å²) in [7, 11) is 0. The van der Waals surface area contributed by atoms with E-state index in [9.17, 15) is 10.1 Å². The average Bonchev–Trinajstić information content (AvgIpc) is 3.10. The third-order valence-corrected chi connectivity index (χ3v) is 5.35.